The molecule has 0 spiro atoms. The lowest BCUT2D eigenvalue weighted by Crippen LogP contribution is -2.24. The van der Waals surface area contributed by atoms with Crippen molar-refractivity contribution < 1.29 is 22.8 Å². The van der Waals surface area contributed by atoms with Gasteiger partial charge in [-0.15, -0.1) is 0 Å². The van der Waals surface area contributed by atoms with Crippen LogP contribution in [0.15, 0.2) is 12.1 Å². The third kappa shape index (κ3) is 2.87. The zero-order chi connectivity index (χ0) is 15.1. The maximum absolute atomic E-state index is 12.2. The van der Waals surface area contributed by atoms with Crippen molar-refractivity contribution >= 4 is 34.7 Å². The van der Waals surface area contributed by atoms with E-state index in [0.717, 1.165) is 0 Å². The summed E-state index contributed by atoms with van der Waals surface area (Å²) in [6, 6.07) is 2.69. The predicted octanol–water partition coefficient (Wildman–Crippen LogP) is 2.86. The fourth-order valence-electron chi connectivity index (χ4n) is 1.86. The van der Waals surface area contributed by atoms with Crippen molar-refractivity contribution in [3.63, 3.8) is 0 Å². The molecule has 1 aromatic rings. The van der Waals surface area contributed by atoms with E-state index in [1.807, 2.05) is 0 Å². The first-order valence-corrected chi connectivity index (χ1v) is 6.04. The van der Waals surface area contributed by atoms with Gasteiger partial charge < -0.3 is 10.2 Å². The van der Waals surface area contributed by atoms with Gasteiger partial charge in [-0.2, -0.15) is 13.2 Å². The largest absolute Gasteiger partial charge is 0.390 e. The molecule has 0 atom stereocenters. The van der Waals surface area contributed by atoms with Crippen LogP contribution in [0.5, 0.6) is 0 Å². The van der Waals surface area contributed by atoms with Gasteiger partial charge in [0.25, 0.3) is 11.7 Å². The molecule has 1 aliphatic rings. The predicted molar refractivity (Wildman–Crippen MR) is 68.4 cm³/mol. The number of hydrogen-bond donors (Lipinski definition) is 1. The number of ketones is 1. The number of carbonyl (C=O) groups is 2. The fraction of sp³-hybridized carbons (Fsp3) is 0.333. The average Bonchev–Trinajstić information content (AvgIpc) is 2.61. The van der Waals surface area contributed by atoms with Crippen LogP contribution in [0.4, 0.5) is 24.5 Å². The van der Waals surface area contributed by atoms with Crippen molar-refractivity contribution in [1.82, 2.24) is 0 Å². The van der Waals surface area contributed by atoms with E-state index in [9.17, 15) is 22.8 Å². The van der Waals surface area contributed by atoms with Gasteiger partial charge in [-0.05, 0) is 12.1 Å². The summed E-state index contributed by atoms with van der Waals surface area (Å²) in [7, 11) is 1.46. The summed E-state index contributed by atoms with van der Waals surface area (Å²) >= 11 is 5.95. The van der Waals surface area contributed by atoms with Crippen LogP contribution < -0.4 is 10.2 Å². The van der Waals surface area contributed by atoms with Gasteiger partial charge >= 0.3 is 6.18 Å². The van der Waals surface area contributed by atoms with Gasteiger partial charge in [0.15, 0.2) is 0 Å². The second-order valence-electron chi connectivity index (χ2n) is 4.42. The Labute approximate surface area is 117 Å². The van der Waals surface area contributed by atoms with E-state index in [1.165, 1.54) is 24.1 Å². The molecular formula is C12H10ClF3N2O2. The molecule has 2 rings (SSSR count). The standard InChI is InChI=1S/C12H10ClF3N2O2/c1-18(3-2-12(14,15)16)9-5-8-6(4-7(9)13)10(19)11(20)17-8/h4-5H,2-3H2,1H3,(H,17,19,20). The molecular weight excluding hydrogens is 297 g/mol. The molecule has 0 aromatic heterocycles. The van der Waals surface area contributed by atoms with E-state index >= 15 is 0 Å². The highest BCUT2D eigenvalue weighted by atomic mass is 35.5. The van der Waals surface area contributed by atoms with E-state index in [0.29, 0.717) is 5.69 Å². The number of amides is 1. The minimum atomic E-state index is -4.26. The first-order valence-electron chi connectivity index (χ1n) is 5.66. The lowest BCUT2D eigenvalue weighted by Gasteiger charge is -2.22. The van der Waals surface area contributed by atoms with Gasteiger partial charge in [-0.3, -0.25) is 9.59 Å². The number of alkyl halides is 3. The van der Waals surface area contributed by atoms with Crippen molar-refractivity contribution in [3.05, 3.63) is 22.7 Å². The third-order valence-electron chi connectivity index (χ3n) is 2.93. The number of nitrogens with one attached hydrogen (secondary N) is 1. The Kier molecular flexibility index (Phi) is 3.64. The van der Waals surface area contributed by atoms with Gasteiger partial charge in [-0.25, -0.2) is 0 Å². The Morgan fingerprint density at radius 1 is 1.30 bits per heavy atom. The summed E-state index contributed by atoms with van der Waals surface area (Å²) in [4.78, 5) is 24.0. The smallest absolute Gasteiger partial charge is 0.373 e. The van der Waals surface area contributed by atoms with E-state index in [-0.39, 0.29) is 22.8 Å². The molecule has 0 saturated heterocycles. The number of rotatable bonds is 3. The topological polar surface area (TPSA) is 49.4 Å². The number of benzene rings is 1. The second kappa shape index (κ2) is 4.97. The summed E-state index contributed by atoms with van der Waals surface area (Å²) in [5.74, 6) is -1.47. The molecule has 1 aliphatic heterocycles. The van der Waals surface area contributed by atoms with Crippen LogP contribution in [0, 0.1) is 0 Å². The highest BCUT2D eigenvalue weighted by Gasteiger charge is 2.31. The molecule has 1 aromatic carbocycles. The maximum atomic E-state index is 12.2. The quantitative estimate of drug-likeness (QED) is 0.874. The molecule has 1 amide bonds. The number of carbonyl (C=O) groups excluding carboxylic acids is 2. The van der Waals surface area contributed by atoms with Gasteiger partial charge in [0, 0.05) is 13.6 Å². The summed E-state index contributed by atoms with van der Waals surface area (Å²) in [5, 5.41) is 2.47. The van der Waals surface area contributed by atoms with Crippen molar-refractivity contribution in [3.8, 4) is 0 Å². The molecule has 4 nitrogen and oxygen atoms in total. The van der Waals surface area contributed by atoms with Gasteiger partial charge in [0.05, 0.1) is 28.4 Å². The number of nitrogens with zero attached hydrogens (tertiary/aromatic N) is 1. The Morgan fingerprint density at radius 2 is 1.95 bits per heavy atom. The van der Waals surface area contributed by atoms with Crippen LogP contribution in [0.1, 0.15) is 16.8 Å². The van der Waals surface area contributed by atoms with Crippen molar-refractivity contribution in [2.45, 2.75) is 12.6 Å². The van der Waals surface area contributed by atoms with Gasteiger partial charge in [-0.1, -0.05) is 11.6 Å². The molecule has 20 heavy (non-hydrogen) atoms. The monoisotopic (exact) mass is 306 g/mol. The Hall–Kier alpha value is -1.76. The van der Waals surface area contributed by atoms with E-state index in [4.69, 9.17) is 11.6 Å². The number of hydrogen-bond acceptors (Lipinski definition) is 3. The van der Waals surface area contributed by atoms with Crippen molar-refractivity contribution in [2.75, 3.05) is 23.8 Å². The lowest BCUT2D eigenvalue weighted by atomic mass is 10.1. The van der Waals surface area contributed by atoms with Crippen molar-refractivity contribution in [2.24, 2.45) is 0 Å². The second-order valence-corrected chi connectivity index (χ2v) is 4.83. The number of fused-ring (bicyclic) bond motifs is 1. The van der Waals surface area contributed by atoms with Gasteiger partial charge in [0.1, 0.15) is 0 Å². The molecule has 0 radical (unpaired) electrons. The van der Waals surface area contributed by atoms with Crippen LogP contribution in [0.25, 0.3) is 0 Å². The number of halogens is 4. The first kappa shape index (κ1) is 14.6. The molecule has 0 aliphatic carbocycles. The molecule has 1 N–H and O–H groups in total. The van der Waals surface area contributed by atoms with Crippen LogP contribution in [0.2, 0.25) is 5.02 Å². The highest BCUT2D eigenvalue weighted by Crippen LogP contribution is 2.35. The Morgan fingerprint density at radius 3 is 2.55 bits per heavy atom. The summed E-state index contributed by atoms with van der Waals surface area (Å²) in [6.45, 7) is -0.274. The molecule has 1 heterocycles. The third-order valence-corrected chi connectivity index (χ3v) is 3.23. The fourth-order valence-corrected chi connectivity index (χ4v) is 2.17. The van der Waals surface area contributed by atoms with Crippen LogP contribution >= 0.6 is 11.6 Å². The zero-order valence-corrected chi connectivity index (χ0v) is 11.1. The summed E-state index contributed by atoms with van der Waals surface area (Å²) < 4.78 is 36.6. The normalized spacial score (nSPS) is 14.2. The SMILES string of the molecule is CN(CCC(F)(F)F)c1cc2c(cc1Cl)C(=O)C(=O)N2. The molecule has 108 valence electrons. The summed E-state index contributed by atoms with van der Waals surface area (Å²) in [6.07, 6.45) is -5.25. The molecule has 0 fully saturated rings. The molecule has 0 unspecified atom stereocenters. The maximum Gasteiger partial charge on any atom is 0.390 e. The Bertz CT molecular complexity index is 587. The Balaban J connectivity index is 2.24. The van der Waals surface area contributed by atoms with Crippen LogP contribution in [-0.4, -0.2) is 31.5 Å². The van der Waals surface area contributed by atoms with Crippen molar-refractivity contribution in [1.29, 1.82) is 0 Å². The highest BCUT2D eigenvalue weighted by molar-refractivity contribution is 6.52. The lowest BCUT2D eigenvalue weighted by molar-refractivity contribution is -0.132. The van der Waals surface area contributed by atoms with Crippen LogP contribution in [0.3, 0.4) is 0 Å². The van der Waals surface area contributed by atoms with E-state index in [2.05, 4.69) is 5.32 Å². The average molecular weight is 307 g/mol. The minimum Gasteiger partial charge on any atom is -0.373 e. The van der Waals surface area contributed by atoms with Gasteiger partial charge in [0.2, 0.25) is 0 Å². The summed E-state index contributed by atoms with van der Waals surface area (Å²) in [5.41, 5.74) is 0.718. The van der Waals surface area contributed by atoms with Crippen LogP contribution in [-0.2, 0) is 4.79 Å². The molecule has 0 bridgehead atoms. The molecule has 8 heteroatoms. The number of anilines is 2. The van der Waals surface area contributed by atoms with E-state index in [1.54, 1.807) is 0 Å². The first-order chi connectivity index (χ1) is 9.19. The minimum absolute atomic E-state index is 0.123. The molecule has 0 saturated carbocycles. The zero-order valence-electron chi connectivity index (χ0n) is 10.3. The number of Topliss-reactive ketones (excluding diaryl/α,β-unsaturated/α-hetero) is 1. The van der Waals surface area contributed by atoms with E-state index < -0.39 is 24.3 Å².